The van der Waals surface area contributed by atoms with Gasteiger partial charge in [-0.3, -0.25) is 0 Å². The van der Waals surface area contributed by atoms with E-state index in [0.29, 0.717) is 0 Å². The summed E-state index contributed by atoms with van der Waals surface area (Å²) >= 11 is 0. The lowest BCUT2D eigenvalue weighted by Crippen LogP contribution is -2.63. The van der Waals surface area contributed by atoms with Crippen molar-refractivity contribution >= 4 is 90.0 Å². The molecule has 0 radical (unpaired) electrons. The molecule has 244 valence electrons. The van der Waals surface area contributed by atoms with Crippen LogP contribution in [-0.4, -0.2) is 11.4 Å². The van der Waals surface area contributed by atoms with Crippen LogP contribution in [-0.2, 0) is 0 Å². The van der Waals surface area contributed by atoms with Crippen LogP contribution in [0.25, 0.3) is 71.7 Å². The Labute approximate surface area is 305 Å². The lowest BCUT2D eigenvalue weighted by atomic mass is 9.41. The minimum atomic E-state index is 0.0139. The van der Waals surface area contributed by atoms with Gasteiger partial charge in [0, 0.05) is 61.1 Å². The molecule has 0 spiro atoms. The van der Waals surface area contributed by atoms with Crippen LogP contribution in [0.1, 0.15) is 0 Å². The summed E-state index contributed by atoms with van der Waals surface area (Å²) < 4.78 is 9.14. The predicted molar refractivity (Wildman–Crippen MR) is 221 cm³/mol. The number of aromatic nitrogens is 1. The van der Waals surface area contributed by atoms with Gasteiger partial charge in [0.05, 0.1) is 16.7 Å². The third-order valence-electron chi connectivity index (χ3n) is 11.9. The fourth-order valence-electron chi connectivity index (χ4n) is 9.85. The molecule has 53 heavy (non-hydrogen) atoms. The highest BCUT2D eigenvalue weighted by atomic mass is 16.3. The zero-order chi connectivity index (χ0) is 34.4. The first-order chi connectivity index (χ1) is 26.3. The van der Waals surface area contributed by atoms with Gasteiger partial charge in [0.2, 0.25) is 0 Å². The van der Waals surface area contributed by atoms with Crippen LogP contribution in [0.4, 0.5) is 28.4 Å². The van der Waals surface area contributed by atoms with E-state index >= 15 is 0 Å². The molecule has 0 saturated carbocycles. The maximum Gasteiger partial charge on any atom is 0.333 e. The average molecular weight is 674 g/mol. The highest BCUT2D eigenvalue weighted by Crippen LogP contribution is 2.52. The summed E-state index contributed by atoms with van der Waals surface area (Å²) in [5.41, 5.74) is 19.0. The van der Waals surface area contributed by atoms with E-state index in [0.717, 1.165) is 33.3 Å². The first-order valence-electron chi connectivity index (χ1n) is 18.3. The van der Waals surface area contributed by atoms with Gasteiger partial charge in [-0.15, -0.1) is 0 Å². The number of benzene rings is 8. The van der Waals surface area contributed by atoms with E-state index in [1.54, 1.807) is 0 Å². The third-order valence-corrected chi connectivity index (χ3v) is 11.9. The van der Waals surface area contributed by atoms with Gasteiger partial charge in [0.1, 0.15) is 5.58 Å². The van der Waals surface area contributed by atoms with Crippen molar-refractivity contribution in [3.8, 4) is 27.9 Å². The molecular weight excluding hydrogens is 645 g/mol. The van der Waals surface area contributed by atoms with Crippen LogP contribution in [0, 0.1) is 0 Å². The molecule has 8 aromatic carbocycles. The first kappa shape index (κ1) is 27.7. The van der Waals surface area contributed by atoms with Gasteiger partial charge in [0.25, 0.3) is 0 Å². The molecule has 13 rings (SSSR count). The van der Waals surface area contributed by atoms with Crippen molar-refractivity contribution in [1.29, 1.82) is 0 Å². The topological polar surface area (TPSA) is 24.6 Å². The largest absolute Gasteiger partial charge is 0.454 e. The number of anilines is 5. The third kappa shape index (κ3) is 3.42. The van der Waals surface area contributed by atoms with E-state index in [2.05, 4.69) is 178 Å². The maximum atomic E-state index is 6.71. The van der Waals surface area contributed by atoms with E-state index in [1.807, 2.05) is 6.07 Å². The van der Waals surface area contributed by atoms with E-state index in [1.165, 1.54) is 77.7 Å². The molecule has 0 amide bonds. The molecule has 0 aliphatic carbocycles. The van der Waals surface area contributed by atoms with Crippen LogP contribution >= 0.6 is 0 Å². The molecule has 0 fully saturated rings. The Morgan fingerprint density at radius 2 is 0.943 bits per heavy atom. The number of fused-ring (bicyclic) bond motifs is 12. The normalized spacial score (nSPS) is 13.5. The highest BCUT2D eigenvalue weighted by Gasteiger charge is 2.49. The van der Waals surface area contributed by atoms with Gasteiger partial charge >= 0.3 is 6.85 Å². The quantitative estimate of drug-likeness (QED) is 0.171. The summed E-state index contributed by atoms with van der Waals surface area (Å²) in [5, 5.41) is 4.80. The van der Waals surface area contributed by atoms with Crippen LogP contribution in [0.2, 0.25) is 0 Å². The number of nitrogens with zero attached hydrogens (tertiary/aromatic N) is 3. The van der Waals surface area contributed by atoms with E-state index < -0.39 is 0 Å². The Morgan fingerprint density at radius 1 is 0.396 bits per heavy atom. The highest BCUT2D eigenvalue weighted by molar-refractivity contribution is 6.95. The van der Waals surface area contributed by atoms with E-state index in [9.17, 15) is 0 Å². The van der Waals surface area contributed by atoms with Gasteiger partial charge in [-0.05, 0) is 82.7 Å². The second kappa shape index (κ2) is 9.87. The van der Waals surface area contributed by atoms with Crippen molar-refractivity contribution in [2.75, 3.05) is 9.71 Å². The first-order valence-corrected chi connectivity index (χ1v) is 18.3. The van der Waals surface area contributed by atoms with Crippen LogP contribution in [0.5, 0.6) is 0 Å². The molecule has 3 aliphatic rings. The Balaban J connectivity index is 1.14. The number of para-hydroxylation sites is 5. The van der Waals surface area contributed by atoms with Gasteiger partial charge < -0.3 is 18.7 Å². The molecule has 2 aromatic heterocycles. The summed E-state index contributed by atoms with van der Waals surface area (Å²) in [6, 6.07) is 62.2. The fraction of sp³-hybridized carbons (Fsp3) is 0. The lowest BCUT2D eigenvalue weighted by Gasteiger charge is -2.49. The summed E-state index contributed by atoms with van der Waals surface area (Å²) in [7, 11) is 0. The number of hydrogen-bond donors (Lipinski definition) is 0. The average Bonchev–Trinajstić information content (AvgIpc) is 3.77. The molecular formula is C48H28BN3O. The predicted octanol–water partition coefficient (Wildman–Crippen LogP) is 11.4. The molecule has 0 N–H and O–H groups in total. The maximum absolute atomic E-state index is 6.71. The Kier molecular flexibility index (Phi) is 5.16. The lowest BCUT2D eigenvalue weighted by molar-refractivity contribution is 0.669. The SMILES string of the molecule is c1ccc2c(c1)-c1cccc3c1B1c4c(cccc4N3c3cccc4c3oc3ccccc34)-c3cc(-n4c5ccccc5c5ccccc54)ccc3N12. The van der Waals surface area contributed by atoms with Crippen molar-refractivity contribution in [2.45, 2.75) is 0 Å². The van der Waals surface area contributed by atoms with Gasteiger partial charge in [-0.2, -0.15) is 0 Å². The second-order valence-corrected chi connectivity index (χ2v) is 14.4. The van der Waals surface area contributed by atoms with E-state index in [4.69, 9.17) is 4.42 Å². The fourth-order valence-corrected chi connectivity index (χ4v) is 9.85. The molecule has 5 heterocycles. The molecule has 10 aromatic rings. The Bertz CT molecular complexity index is 3170. The minimum absolute atomic E-state index is 0.0139. The minimum Gasteiger partial charge on any atom is -0.454 e. The summed E-state index contributed by atoms with van der Waals surface area (Å²) in [6.07, 6.45) is 0. The standard InChI is InChI=1S/C48H28BN3O/c1-5-19-38-30(12-1)31-13-2-6-20-39(31)50(38)29-26-27-41-37(28-29)35-17-10-23-43-47(35)49-46-34(32-14-3-7-21-40(32)52(41)49)16-9-22-42(46)51(43)44-24-11-18-36-33-15-4-8-25-45(33)53-48(36)44/h1-28H. The smallest absolute Gasteiger partial charge is 0.333 e. The number of furan rings is 1. The summed E-state index contributed by atoms with van der Waals surface area (Å²) in [6.45, 7) is 0.0139. The Morgan fingerprint density at radius 3 is 1.72 bits per heavy atom. The Hall–Kier alpha value is -6.98. The molecule has 0 saturated heterocycles. The summed E-state index contributed by atoms with van der Waals surface area (Å²) in [4.78, 5) is 5.07. The van der Waals surface area contributed by atoms with Gasteiger partial charge in [-0.25, -0.2) is 0 Å². The van der Waals surface area contributed by atoms with Crippen LogP contribution in [0.3, 0.4) is 0 Å². The van der Waals surface area contributed by atoms with Crippen LogP contribution in [0.15, 0.2) is 174 Å². The zero-order valence-corrected chi connectivity index (χ0v) is 28.5. The molecule has 5 heteroatoms. The van der Waals surface area contributed by atoms with E-state index in [-0.39, 0.29) is 6.85 Å². The van der Waals surface area contributed by atoms with Crippen molar-refractivity contribution in [3.63, 3.8) is 0 Å². The molecule has 0 unspecified atom stereocenters. The molecule has 0 atom stereocenters. The summed E-state index contributed by atoms with van der Waals surface area (Å²) in [5.74, 6) is 0. The zero-order valence-electron chi connectivity index (χ0n) is 28.5. The van der Waals surface area contributed by atoms with Gasteiger partial charge in [-0.1, -0.05) is 109 Å². The monoisotopic (exact) mass is 673 g/mol. The molecule has 0 bridgehead atoms. The van der Waals surface area contributed by atoms with Crippen molar-refractivity contribution < 1.29 is 4.42 Å². The van der Waals surface area contributed by atoms with Crippen LogP contribution < -0.4 is 20.6 Å². The second-order valence-electron chi connectivity index (χ2n) is 14.4. The van der Waals surface area contributed by atoms with Crippen molar-refractivity contribution in [2.24, 2.45) is 0 Å². The number of hydrogen-bond acceptors (Lipinski definition) is 3. The van der Waals surface area contributed by atoms with Crippen molar-refractivity contribution in [1.82, 2.24) is 4.57 Å². The van der Waals surface area contributed by atoms with Gasteiger partial charge in [0.15, 0.2) is 5.58 Å². The number of rotatable bonds is 2. The van der Waals surface area contributed by atoms with Crippen molar-refractivity contribution in [3.05, 3.63) is 170 Å². The molecule has 3 aliphatic heterocycles. The molecule has 4 nitrogen and oxygen atoms in total.